The number of halogens is 2. The topological polar surface area (TPSA) is 49.4 Å². The van der Waals surface area contributed by atoms with E-state index in [0.29, 0.717) is 34.1 Å². The number of carbonyl (C=O) groups excluding carboxylic acids is 2. The van der Waals surface area contributed by atoms with Gasteiger partial charge in [-0.2, -0.15) is 0 Å². The van der Waals surface area contributed by atoms with Crippen molar-refractivity contribution in [3.63, 3.8) is 0 Å². The van der Waals surface area contributed by atoms with Crippen molar-refractivity contribution in [2.75, 3.05) is 10.2 Å². The molecule has 0 bridgehead atoms. The Bertz CT molecular complexity index is 1690. The quantitative estimate of drug-likeness (QED) is 0.246. The van der Waals surface area contributed by atoms with Gasteiger partial charge in [-0.15, -0.1) is 0 Å². The minimum absolute atomic E-state index is 0.00181. The summed E-state index contributed by atoms with van der Waals surface area (Å²) >= 11 is 12.5. The molecule has 1 aliphatic carbocycles. The number of allylic oxidation sites excluding steroid dienone is 1. The predicted octanol–water partition coefficient (Wildman–Crippen LogP) is 8.92. The summed E-state index contributed by atoms with van der Waals surface area (Å²) in [6, 6.07) is 30.5. The Hall–Kier alpha value is -4.12. The number of benzene rings is 4. The maximum absolute atomic E-state index is 14.2. The molecule has 6 heteroatoms. The number of anilines is 2. The Balaban J connectivity index is 1.50. The van der Waals surface area contributed by atoms with E-state index in [2.05, 4.69) is 5.32 Å². The van der Waals surface area contributed by atoms with Crippen molar-refractivity contribution in [1.82, 2.24) is 0 Å². The number of ketones is 1. The zero-order valence-electron chi connectivity index (χ0n) is 22.5. The smallest absolute Gasteiger partial charge is 0.251 e. The molecule has 2 atom stereocenters. The molecular weight excluding hydrogens is 551 g/mol. The number of nitrogens with zero attached hydrogens (tertiary/aromatic N) is 1. The minimum atomic E-state index is -0.600. The van der Waals surface area contributed by atoms with Gasteiger partial charge in [0.25, 0.3) is 5.91 Å². The molecule has 4 aromatic rings. The van der Waals surface area contributed by atoms with Gasteiger partial charge in [-0.1, -0.05) is 102 Å². The van der Waals surface area contributed by atoms with E-state index in [9.17, 15) is 9.59 Å². The number of rotatable bonds is 4. The first-order valence-electron chi connectivity index (χ1n) is 13.6. The summed E-state index contributed by atoms with van der Waals surface area (Å²) in [6.07, 6.45) is 4.30. The highest BCUT2D eigenvalue weighted by Crippen LogP contribution is 2.47. The molecule has 1 heterocycles. The molecule has 1 amide bonds. The molecule has 4 aromatic carbocycles. The third-order valence-electron chi connectivity index (χ3n) is 7.75. The fourth-order valence-electron chi connectivity index (χ4n) is 5.71. The molecule has 4 nitrogen and oxygen atoms in total. The van der Waals surface area contributed by atoms with Gasteiger partial charge in [-0.05, 0) is 66.3 Å². The molecular formula is C35H28Cl2N2O2. The molecule has 1 aliphatic heterocycles. The van der Waals surface area contributed by atoms with E-state index in [1.807, 2.05) is 104 Å². The van der Waals surface area contributed by atoms with Crippen LogP contribution in [0.4, 0.5) is 11.4 Å². The lowest BCUT2D eigenvalue weighted by Crippen LogP contribution is -2.37. The Labute approximate surface area is 249 Å². The summed E-state index contributed by atoms with van der Waals surface area (Å²) in [5.41, 5.74) is 6.79. The van der Waals surface area contributed by atoms with Crippen molar-refractivity contribution in [2.24, 2.45) is 0 Å². The molecule has 204 valence electrons. The molecule has 0 saturated carbocycles. The highest BCUT2D eigenvalue weighted by molar-refractivity contribution is 6.42. The number of fused-ring (bicyclic) bond motifs is 1. The van der Waals surface area contributed by atoms with E-state index in [1.165, 1.54) is 0 Å². The maximum Gasteiger partial charge on any atom is 0.251 e. The van der Waals surface area contributed by atoms with Gasteiger partial charge < -0.3 is 5.32 Å². The monoisotopic (exact) mass is 578 g/mol. The maximum atomic E-state index is 14.2. The van der Waals surface area contributed by atoms with Crippen LogP contribution >= 0.6 is 23.2 Å². The lowest BCUT2D eigenvalue weighted by atomic mass is 9.78. The highest BCUT2D eigenvalue weighted by atomic mass is 35.5. The van der Waals surface area contributed by atoms with Crippen molar-refractivity contribution < 1.29 is 9.59 Å². The molecule has 0 saturated heterocycles. The predicted molar refractivity (Wildman–Crippen MR) is 167 cm³/mol. The molecule has 2 aliphatic rings. The number of Topliss-reactive ketones (excluding diaryl/α,β-unsaturated/α-hetero) is 1. The molecule has 0 spiro atoms. The van der Waals surface area contributed by atoms with Crippen LogP contribution in [0.1, 0.15) is 47.1 Å². The van der Waals surface area contributed by atoms with E-state index < -0.39 is 6.04 Å². The second kappa shape index (κ2) is 11.4. The molecule has 6 rings (SSSR count). The van der Waals surface area contributed by atoms with Crippen LogP contribution in [0, 0.1) is 6.92 Å². The third kappa shape index (κ3) is 5.46. The van der Waals surface area contributed by atoms with Crippen LogP contribution in [0.15, 0.2) is 114 Å². The fourth-order valence-corrected chi connectivity index (χ4v) is 6.02. The summed E-state index contributed by atoms with van der Waals surface area (Å²) in [4.78, 5) is 30.0. The summed E-state index contributed by atoms with van der Waals surface area (Å²) < 4.78 is 0. The molecule has 0 aromatic heterocycles. The molecule has 0 fully saturated rings. The largest absolute Gasteiger partial charge is 0.357 e. The van der Waals surface area contributed by atoms with Crippen LogP contribution in [0.5, 0.6) is 0 Å². The van der Waals surface area contributed by atoms with Crippen LogP contribution < -0.4 is 10.2 Å². The van der Waals surface area contributed by atoms with E-state index >= 15 is 0 Å². The lowest BCUT2D eigenvalue weighted by molar-refractivity contribution is -0.116. The number of aryl methyl sites for hydroxylation is 1. The normalized spacial score (nSPS) is 18.5. The van der Waals surface area contributed by atoms with E-state index in [4.69, 9.17) is 23.2 Å². The molecule has 41 heavy (non-hydrogen) atoms. The van der Waals surface area contributed by atoms with Crippen LogP contribution in [0.3, 0.4) is 0 Å². The van der Waals surface area contributed by atoms with Crippen LogP contribution in [0.25, 0.3) is 6.08 Å². The number of nitrogens with one attached hydrogen (secondary N) is 1. The minimum Gasteiger partial charge on any atom is -0.357 e. The van der Waals surface area contributed by atoms with Crippen molar-refractivity contribution in [1.29, 1.82) is 0 Å². The summed E-state index contributed by atoms with van der Waals surface area (Å²) in [7, 11) is 0. The van der Waals surface area contributed by atoms with Gasteiger partial charge in [-0.25, -0.2) is 0 Å². The number of hydrogen-bond acceptors (Lipinski definition) is 3. The first-order chi connectivity index (χ1) is 19.9. The second-order valence-electron chi connectivity index (χ2n) is 10.5. The Kier molecular flexibility index (Phi) is 7.53. The van der Waals surface area contributed by atoms with Crippen molar-refractivity contribution in [3.05, 3.63) is 147 Å². The first-order valence-corrected chi connectivity index (χ1v) is 14.3. The van der Waals surface area contributed by atoms with Gasteiger partial charge in [0.15, 0.2) is 5.78 Å². The van der Waals surface area contributed by atoms with Gasteiger partial charge in [0.2, 0.25) is 0 Å². The SMILES string of the molecule is Cc1ccc([C@H]2C3=C(C[C@H](c4ccc(Cl)c(Cl)c4)CC3=O)Nc3ccccc3N2C(=O)/C=C/c2ccccc2)cc1. The second-order valence-corrected chi connectivity index (χ2v) is 11.3. The van der Waals surface area contributed by atoms with Crippen molar-refractivity contribution in [2.45, 2.75) is 31.7 Å². The van der Waals surface area contributed by atoms with Gasteiger partial charge in [0, 0.05) is 23.8 Å². The highest BCUT2D eigenvalue weighted by Gasteiger charge is 2.41. The number of carbonyl (C=O) groups is 2. The molecule has 0 unspecified atom stereocenters. The molecule has 1 N–H and O–H groups in total. The van der Waals surface area contributed by atoms with E-state index in [1.54, 1.807) is 17.0 Å². The zero-order chi connectivity index (χ0) is 28.5. The first kappa shape index (κ1) is 27.1. The molecule has 0 radical (unpaired) electrons. The Morgan fingerprint density at radius 3 is 2.32 bits per heavy atom. The average molecular weight is 580 g/mol. The zero-order valence-corrected chi connectivity index (χ0v) is 24.0. The van der Waals surface area contributed by atoms with Crippen molar-refractivity contribution >= 4 is 52.3 Å². The Morgan fingerprint density at radius 1 is 0.854 bits per heavy atom. The summed E-state index contributed by atoms with van der Waals surface area (Å²) in [5, 5.41) is 4.52. The average Bonchev–Trinajstić information content (AvgIpc) is 3.13. The summed E-state index contributed by atoms with van der Waals surface area (Å²) in [5.74, 6) is -0.283. The lowest BCUT2D eigenvalue weighted by Gasteiger charge is -2.34. The van der Waals surface area contributed by atoms with Crippen LogP contribution in [-0.4, -0.2) is 11.7 Å². The third-order valence-corrected chi connectivity index (χ3v) is 8.49. The van der Waals surface area contributed by atoms with Crippen LogP contribution in [0.2, 0.25) is 10.0 Å². The standard InChI is InChI=1S/C35H28Cl2N2O2/c1-22-11-14-24(15-12-22)35-34-30(20-26(21-32(34)40)25-16-17-27(36)28(37)19-25)38-29-9-5-6-10-31(29)39(35)33(41)18-13-23-7-3-2-4-8-23/h2-19,26,35,38H,20-21H2,1H3/b18-13+/t26-,35-/m0/s1. The van der Waals surface area contributed by atoms with Gasteiger partial charge >= 0.3 is 0 Å². The van der Waals surface area contributed by atoms with Gasteiger partial charge in [0.05, 0.1) is 27.5 Å². The number of hydrogen-bond donors (Lipinski definition) is 1. The summed E-state index contributed by atoms with van der Waals surface area (Å²) in [6.45, 7) is 2.03. The number of para-hydroxylation sites is 2. The Morgan fingerprint density at radius 2 is 1.56 bits per heavy atom. The fraction of sp³-hybridized carbons (Fsp3) is 0.143. The van der Waals surface area contributed by atoms with E-state index in [-0.39, 0.29) is 17.6 Å². The van der Waals surface area contributed by atoms with Crippen LogP contribution in [-0.2, 0) is 9.59 Å². The van der Waals surface area contributed by atoms with E-state index in [0.717, 1.165) is 33.6 Å². The van der Waals surface area contributed by atoms with Gasteiger partial charge in [-0.3, -0.25) is 14.5 Å². The van der Waals surface area contributed by atoms with Crippen molar-refractivity contribution in [3.8, 4) is 0 Å². The van der Waals surface area contributed by atoms with Gasteiger partial charge in [0.1, 0.15) is 0 Å². The number of amides is 1.